The first-order chi connectivity index (χ1) is 11.3. The van der Waals surface area contributed by atoms with Crippen LogP contribution in [0.3, 0.4) is 0 Å². The summed E-state index contributed by atoms with van der Waals surface area (Å²) in [4.78, 5) is 58.5. The molecule has 0 aromatic rings. The number of amides is 3. The maximum atomic E-state index is 12.1. The third kappa shape index (κ3) is 13.4. The molecule has 0 saturated heterocycles. The van der Waals surface area contributed by atoms with Gasteiger partial charge in [0.15, 0.2) is 5.78 Å². The second-order valence-electron chi connectivity index (χ2n) is 5.48. The molecular weight excluding hydrogens is 498 g/mol. The fraction of sp³-hybridized carbons (Fsp3) is 0.688. The van der Waals surface area contributed by atoms with Gasteiger partial charge in [0.2, 0.25) is 11.8 Å². The van der Waals surface area contributed by atoms with Gasteiger partial charge in [0.1, 0.15) is 5.78 Å². The summed E-state index contributed by atoms with van der Waals surface area (Å²) in [7, 11) is 1.44. The van der Waals surface area contributed by atoms with Crippen molar-refractivity contribution in [3.8, 4) is 0 Å². The Morgan fingerprint density at radius 3 is 2.00 bits per heavy atom. The number of nitrogens with one attached hydrogen (secondary N) is 2. The summed E-state index contributed by atoms with van der Waals surface area (Å²) in [6.07, 6.45) is 1.63. The molecule has 0 bridgehead atoms. The van der Waals surface area contributed by atoms with Crippen molar-refractivity contribution in [2.45, 2.75) is 51.9 Å². The van der Waals surface area contributed by atoms with Gasteiger partial charge >= 0.3 is 0 Å². The van der Waals surface area contributed by atoms with Crippen LogP contribution in [0, 0.1) is 0 Å². The summed E-state index contributed by atoms with van der Waals surface area (Å²) in [5.74, 6) is -1.70. The van der Waals surface area contributed by atoms with E-state index in [1.54, 1.807) is 6.92 Å². The van der Waals surface area contributed by atoms with E-state index in [1.807, 2.05) is 0 Å². The van der Waals surface area contributed by atoms with Crippen molar-refractivity contribution < 1.29 is 45.0 Å². The Labute approximate surface area is 162 Å². The van der Waals surface area contributed by atoms with Gasteiger partial charge in [-0.1, -0.05) is 6.92 Å². The molecule has 0 aromatic heterocycles. The van der Waals surface area contributed by atoms with Crippen molar-refractivity contribution >= 4 is 29.3 Å². The Balaban J connectivity index is 0. The van der Waals surface area contributed by atoms with E-state index < -0.39 is 11.8 Å². The molecule has 0 rings (SSSR count). The molecule has 0 fully saturated rings. The minimum absolute atomic E-state index is 0. The molecule has 0 heterocycles. The maximum absolute atomic E-state index is 12.1. The van der Waals surface area contributed by atoms with E-state index in [4.69, 9.17) is 5.73 Å². The minimum atomic E-state index is -0.650. The van der Waals surface area contributed by atoms with Crippen LogP contribution in [0.2, 0.25) is 0 Å². The van der Waals surface area contributed by atoms with Gasteiger partial charge in [-0.15, -0.1) is 0 Å². The van der Waals surface area contributed by atoms with E-state index in [0.29, 0.717) is 12.8 Å². The normalized spacial score (nSPS) is 9.68. The van der Waals surface area contributed by atoms with Gasteiger partial charge < -0.3 is 20.7 Å². The van der Waals surface area contributed by atoms with Crippen LogP contribution in [0.5, 0.6) is 0 Å². The van der Waals surface area contributed by atoms with Gasteiger partial charge in [0.25, 0.3) is 0 Å². The number of Topliss-reactive ketones (excluding diaryl/α,β-unsaturated/α-hetero) is 2. The third-order valence-corrected chi connectivity index (χ3v) is 3.45. The van der Waals surface area contributed by atoms with Gasteiger partial charge in [-0.05, 0) is 19.3 Å². The van der Waals surface area contributed by atoms with Gasteiger partial charge in [0.05, 0.1) is 13.1 Å². The summed E-state index contributed by atoms with van der Waals surface area (Å²) in [5, 5.41) is 2.40. The minimum Gasteiger partial charge on any atom is -0.668 e. The zero-order valence-corrected chi connectivity index (χ0v) is 17.7. The Morgan fingerprint density at radius 1 is 0.880 bits per heavy atom. The summed E-state index contributed by atoms with van der Waals surface area (Å²) >= 11 is 0. The van der Waals surface area contributed by atoms with Crippen LogP contribution >= 0.6 is 0 Å². The monoisotopic (exact) mass is 524 g/mol. The fourth-order valence-electron chi connectivity index (χ4n) is 1.95. The van der Waals surface area contributed by atoms with Crippen LogP contribution in [-0.4, -0.2) is 54.3 Å². The van der Waals surface area contributed by atoms with Gasteiger partial charge in [0, 0.05) is 59.7 Å². The number of likely N-dealkylation sites (N-methyl/N-ethyl adjacent to an activating group) is 1. The molecule has 8 nitrogen and oxygen atoms in total. The quantitative estimate of drug-likeness (QED) is 0.361. The van der Waals surface area contributed by atoms with Crippen molar-refractivity contribution in [2.24, 2.45) is 0 Å². The van der Waals surface area contributed by atoms with E-state index in [0.717, 1.165) is 4.90 Å². The molecule has 25 heavy (non-hydrogen) atoms. The van der Waals surface area contributed by atoms with Crippen LogP contribution in [0.25, 0.3) is 5.73 Å². The predicted octanol–water partition coefficient (Wildman–Crippen LogP) is 1.03. The standard InChI is InChI=1S/C16H27N3O5.W/c1-3-12(20)10-19(11-15(23)18-2)16(24)9-8-13(21)6-4-5-7-14(17)22;/h3-11H2,1-2H3,(H3,17,18,22,23);/p-1. The molecule has 0 radical (unpaired) electrons. The van der Waals surface area contributed by atoms with Gasteiger partial charge in [-0.2, -0.15) is 0 Å². The van der Waals surface area contributed by atoms with Crippen LogP contribution in [-0.2, 0) is 45.0 Å². The molecule has 0 aliphatic rings. The molecule has 142 valence electrons. The molecule has 0 saturated carbocycles. The molecule has 0 atom stereocenters. The maximum Gasteiger partial charge on any atom is 0.239 e. The van der Waals surface area contributed by atoms with Crippen molar-refractivity contribution in [3.63, 3.8) is 0 Å². The second-order valence-corrected chi connectivity index (χ2v) is 5.48. The fourth-order valence-corrected chi connectivity index (χ4v) is 1.95. The van der Waals surface area contributed by atoms with E-state index in [9.17, 15) is 24.0 Å². The number of unbranched alkanes of at least 4 members (excludes halogenated alkanes) is 1. The largest absolute Gasteiger partial charge is 0.668 e. The van der Waals surface area contributed by atoms with Crippen LogP contribution < -0.4 is 5.32 Å². The number of hydrogen-bond donors (Lipinski definition) is 1. The molecule has 2 N–H and O–H groups in total. The van der Waals surface area contributed by atoms with Crippen molar-refractivity contribution in [2.75, 3.05) is 20.1 Å². The van der Waals surface area contributed by atoms with E-state index in [-0.39, 0.29) is 83.7 Å². The molecule has 9 heteroatoms. The van der Waals surface area contributed by atoms with E-state index in [2.05, 4.69) is 5.32 Å². The smallest absolute Gasteiger partial charge is 0.239 e. The zero-order valence-electron chi connectivity index (χ0n) is 14.8. The summed E-state index contributed by atoms with van der Waals surface area (Å²) in [5.41, 5.74) is 6.76. The van der Waals surface area contributed by atoms with Crippen molar-refractivity contribution in [1.82, 2.24) is 10.2 Å². The second kappa shape index (κ2) is 14.8. The van der Waals surface area contributed by atoms with E-state index in [1.165, 1.54) is 7.05 Å². The number of carbonyl (C=O) groups excluding carboxylic acids is 5. The Bertz CT molecular complexity index is 464. The summed E-state index contributed by atoms with van der Waals surface area (Å²) < 4.78 is 0. The zero-order chi connectivity index (χ0) is 18.5. The first-order valence-corrected chi connectivity index (χ1v) is 8.06. The third-order valence-electron chi connectivity index (χ3n) is 3.45. The Morgan fingerprint density at radius 2 is 1.48 bits per heavy atom. The summed E-state index contributed by atoms with van der Waals surface area (Å²) in [6, 6.07) is 0. The number of rotatable bonds is 13. The molecular formula is C16H26N3O5W-. The molecule has 0 aromatic carbocycles. The van der Waals surface area contributed by atoms with Crippen molar-refractivity contribution in [3.05, 3.63) is 5.73 Å². The number of hydrogen-bond acceptors (Lipinski definition) is 5. The van der Waals surface area contributed by atoms with E-state index >= 15 is 0 Å². The number of nitrogens with zero attached hydrogens (tertiary/aromatic N) is 1. The number of ketones is 2. The van der Waals surface area contributed by atoms with Gasteiger partial charge in [-0.25, -0.2) is 0 Å². The van der Waals surface area contributed by atoms with Crippen LogP contribution in [0.4, 0.5) is 0 Å². The molecule has 0 spiro atoms. The van der Waals surface area contributed by atoms with Crippen LogP contribution in [0.15, 0.2) is 0 Å². The average molecular weight is 524 g/mol. The molecule has 0 unspecified atom stereocenters. The first-order valence-electron chi connectivity index (χ1n) is 8.06. The number of carbonyl (C=O) groups is 5. The topological polar surface area (TPSA) is 124 Å². The molecule has 0 aliphatic heterocycles. The first kappa shape index (κ1) is 25.7. The Hall–Kier alpha value is -1.56. The SMILES string of the molecule is CCC(=O)CN(CC(=O)NC)C(=O)CCC(=O)CCCCC([NH-])=O.[W]. The van der Waals surface area contributed by atoms with Crippen LogP contribution in [0.1, 0.15) is 51.9 Å². The predicted molar refractivity (Wildman–Crippen MR) is 88.0 cm³/mol. The molecule has 3 amide bonds. The van der Waals surface area contributed by atoms with Crippen molar-refractivity contribution in [1.29, 1.82) is 0 Å². The average Bonchev–Trinajstić information content (AvgIpc) is 2.55. The molecule has 0 aliphatic carbocycles. The summed E-state index contributed by atoms with van der Waals surface area (Å²) in [6.45, 7) is 1.33. The van der Waals surface area contributed by atoms with Gasteiger partial charge in [-0.3, -0.25) is 19.2 Å². The Kier molecular flexibility index (Phi) is 15.2.